The first-order valence-electron chi connectivity index (χ1n) is 8.39. The molecule has 9 nitrogen and oxygen atoms in total. The second kappa shape index (κ2) is 8.35. The van der Waals surface area contributed by atoms with Crippen molar-refractivity contribution in [3.05, 3.63) is 62.5 Å². The van der Waals surface area contributed by atoms with E-state index in [1.807, 2.05) is 6.07 Å². The molecule has 1 atom stereocenters. The Labute approximate surface area is 161 Å². The van der Waals surface area contributed by atoms with Crippen LogP contribution in [-0.2, 0) is 14.3 Å². The van der Waals surface area contributed by atoms with E-state index in [2.05, 4.69) is 0 Å². The van der Waals surface area contributed by atoms with Crippen LogP contribution >= 0.6 is 0 Å². The molecule has 0 bridgehead atoms. The molecule has 0 fully saturated rings. The summed E-state index contributed by atoms with van der Waals surface area (Å²) in [6.45, 7) is 4.83. The van der Waals surface area contributed by atoms with Crippen LogP contribution in [0.5, 0.6) is 0 Å². The van der Waals surface area contributed by atoms with E-state index in [9.17, 15) is 25.0 Å². The van der Waals surface area contributed by atoms with Gasteiger partial charge in [-0.1, -0.05) is 12.1 Å². The molecule has 1 aromatic carbocycles. The summed E-state index contributed by atoms with van der Waals surface area (Å²) < 4.78 is 9.90. The van der Waals surface area contributed by atoms with Crippen LogP contribution in [0.15, 0.2) is 46.8 Å². The first-order chi connectivity index (χ1) is 13.3. The fraction of sp³-hybridized carbons (Fsp3) is 0.316. The molecule has 28 heavy (non-hydrogen) atoms. The number of esters is 1. The van der Waals surface area contributed by atoms with E-state index in [0.29, 0.717) is 5.56 Å². The minimum atomic E-state index is -0.914. The van der Waals surface area contributed by atoms with Crippen molar-refractivity contribution in [1.82, 2.24) is 4.90 Å². The van der Waals surface area contributed by atoms with Crippen LogP contribution in [0.25, 0.3) is 0 Å². The third-order valence-electron chi connectivity index (χ3n) is 4.42. The fourth-order valence-electron chi connectivity index (χ4n) is 3.19. The molecule has 0 N–H and O–H groups in total. The Balaban J connectivity index is 2.77. The summed E-state index contributed by atoms with van der Waals surface area (Å²) in [5.74, 6) is -1.66. The molecule has 1 aromatic rings. The lowest BCUT2D eigenvalue weighted by Gasteiger charge is -2.34. The zero-order valence-electron chi connectivity index (χ0n) is 15.9. The molecule has 9 heteroatoms. The van der Waals surface area contributed by atoms with Gasteiger partial charge < -0.3 is 9.47 Å². The normalized spacial score (nSPS) is 16.5. The van der Waals surface area contributed by atoms with Crippen LogP contribution in [0.2, 0.25) is 0 Å². The Kier molecular flexibility index (Phi) is 6.15. The van der Waals surface area contributed by atoms with Gasteiger partial charge in [0.25, 0.3) is 5.69 Å². The van der Waals surface area contributed by atoms with Crippen LogP contribution in [-0.4, -0.2) is 35.6 Å². The van der Waals surface area contributed by atoms with Gasteiger partial charge in [-0.25, -0.2) is 9.59 Å². The fourth-order valence-corrected chi connectivity index (χ4v) is 3.19. The molecular weight excluding hydrogens is 366 g/mol. The third kappa shape index (κ3) is 3.57. The summed E-state index contributed by atoms with van der Waals surface area (Å²) in [5.41, 5.74) is 0.842. The highest BCUT2D eigenvalue weighted by Gasteiger charge is 2.40. The molecule has 0 saturated heterocycles. The number of rotatable bonds is 4. The van der Waals surface area contributed by atoms with E-state index in [0.717, 1.165) is 4.90 Å². The second-order valence-corrected chi connectivity index (χ2v) is 5.92. The number of benzene rings is 1. The Morgan fingerprint density at radius 1 is 1.32 bits per heavy atom. The molecular formula is C19H19N3O6. The molecule has 1 aliphatic rings. The molecule has 0 aromatic heterocycles. The molecule has 0 saturated carbocycles. The average Bonchev–Trinajstić information content (AvgIpc) is 2.67. The lowest BCUT2D eigenvalue weighted by Crippen LogP contribution is -2.36. The molecule has 1 unspecified atom stereocenters. The number of methoxy groups -OCH3 is 1. The number of non-ortho nitro benzene ring substituents is 1. The molecule has 0 radical (unpaired) electrons. The van der Waals surface area contributed by atoms with Crippen molar-refractivity contribution in [3.63, 3.8) is 0 Å². The number of nitriles is 1. The maximum absolute atomic E-state index is 12.5. The zero-order chi connectivity index (χ0) is 21.0. The van der Waals surface area contributed by atoms with Crippen LogP contribution in [0.4, 0.5) is 10.5 Å². The summed E-state index contributed by atoms with van der Waals surface area (Å²) in [6, 6.07) is 7.69. The molecule has 0 aliphatic carbocycles. The molecule has 1 aliphatic heterocycles. The van der Waals surface area contributed by atoms with Gasteiger partial charge in [0.05, 0.1) is 41.8 Å². The number of amides is 1. The Hall–Kier alpha value is -3.67. The lowest BCUT2D eigenvalue weighted by atomic mass is 9.80. The maximum Gasteiger partial charge on any atom is 0.418 e. The SMILES string of the molecule is CCOC(=O)N1C(C)=C(C#N)C(c2cccc([N+](=O)[O-])c2)C(C(=O)OC)=C1C. The van der Waals surface area contributed by atoms with E-state index in [1.165, 1.54) is 32.2 Å². The van der Waals surface area contributed by atoms with E-state index in [4.69, 9.17) is 9.47 Å². The van der Waals surface area contributed by atoms with Crippen molar-refractivity contribution in [2.45, 2.75) is 26.7 Å². The van der Waals surface area contributed by atoms with Crippen LogP contribution < -0.4 is 0 Å². The zero-order valence-corrected chi connectivity index (χ0v) is 15.9. The van der Waals surface area contributed by atoms with Gasteiger partial charge >= 0.3 is 12.1 Å². The molecule has 1 heterocycles. The van der Waals surface area contributed by atoms with E-state index < -0.39 is 22.9 Å². The molecule has 1 amide bonds. The third-order valence-corrected chi connectivity index (χ3v) is 4.42. The molecule has 2 rings (SSSR count). The molecule has 146 valence electrons. The standard InChI is InChI=1S/C19H19N3O6/c1-5-28-19(24)21-11(2)15(10-20)17(16(12(21)3)18(23)27-4)13-7-6-8-14(9-13)22(25)26/h6-9,17H,5H2,1-4H3. The summed E-state index contributed by atoms with van der Waals surface area (Å²) >= 11 is 0. The minimum Gasteiger partial charge on any atom is -0.466 e. The summed E-state index contributed by atoms with van der Waals surface area (Å²) in [5, 5.41) is 20.9. The number of carbonyl (C=O) groups is 2. The van der Waals surface area contributed by atoms with Crippen molar-refractivity contribution in [1.29, 1.82) is 5.26 Å². The van der Waals surface area contributed by atoms with Gasteiger partial charge in [0.1, 0.15) is 0 Å². The number of nitro groups is 1. The van der Waals surface area contributed by atoms with Crippen LogP contribution in [0.1, 0.15) is 32.3 Å². The maximum atomic E-state index is 12.5. The van der Waals surface area contributed by atoms with Crippen molar-refractivity contribution in [2.24, 2.45) is 0 Å². The first-order valence-corrected chi connectivity index (χ1v) is 8.39. The predicted molar refractivity (Wildman–Crippen MR) is 97.7 cm³/mol. The van der Waals surface area contributed by atoms with Crippen molar-refractivity contribution in [2.75, 3.05) is 13.7 Å². The van der Waals surface area contributed by atoms with E-state index in [-0.39, 0.29) is 34.8 Å². The highest BCUT2D eigenvalue weighted by molar-refractivity contribution is 5.94. The van der Waals surface area contributed by atoms with Gasteiger partial charge in [-0.2, -0.15) is 5.26 Å². The number of nitro benzene ring substituents is 1. The number of nitrogens with zero attached hydrogens (tertiary/aromatic N) is 3. The van der Waals surface area contributed by atoms with Crippen molar-refractivity contribution in [3.8, 4) is 6.07 Å². The number of carbonyl (C=O) groups excluding carboxylic acids is 2. The van der Waals surface area contributed by atoms with E-state index >= 15 is 0 Å². The van der Waals surface area contributed by atoms with Gasteiger partial charge in [0.15, 0.2) is 0 Å². The van der Waals surface area contributed by atoms with Gasteiger partial charge in [0, 0.05) is 23.5 Å². The number of hydrogen-bond acceptors (Lipinski definition) is 7. The highest BCUT2D eigenvalue weighted by Crippen LogP contribution is 2.42. The summed E-state index contributed by atoms with van der Waals surface area (Å²) in [6.07, 6.45) is -0.732. The van der Waals surface area contributed by atoms with Gasteiger partial charge in [-0.3, -0.25) is 15.0 Å². The Bertz CT molecular complexity index is 941. The second-order valence-electron chi connectivity index (χ2n) is 5.92. The number of ether oxygens (including phenoxy) is 2. The average molecular weight is 385 g/mol. The highest BCUT2D eigenvalue weighted by atomic mass is 16.6. The van der Waals surface area contributed by atoms with Gasteiger partial charge in [0.2, 0.25) is 0 Å². The number of allylic oxidation sites excluding steroid dienone is 3. The lowest BCUT2D eigenvalue weighted by molar-refractivity contribution is -0.384. The molecule has 0 spiro atoms. The predicted octanol–water partition coefficient (Wildman–Crippen LogP) is 3.40. The van der Waals surface area contributed by atoms with Crippen molar-refractivity contribution < 1.29 is 24.0 Å². The quantitative estimate of drug-likeness (QED) is 0.442. The van der Waals surface area contributed by atoms with Crippen LogP contribution in [0, 0.1) is 21.4 Å². The summed E-state index contributed by atoms with van der Waals surface area (Å²) in [7, 11) is 1.18. The minimum absolute atomic E-state index is 0.0400. The van der Waals surface area contributed by atoms with Gasteiger partial charge in [-0.05, 0) is 26.3 Å². The van der Waals surface area contributed by atoms with Crippen molar-refractivity contribution >= 4 is 17.7 Å². The first kappa shape index (κ1) is 20.6. The van der Waals surface area contributed by atoms with Gasteiger partial charge in [-0.15, -0.1) is 0 Å². The smallest absolute Gasteiger partial charge is 0.418 e. The van der Waals surface area contributed by atoms with Crippen LogP contribution in [0.3, 0.4) is 0 Å². The number of hydrogen-bond donors (Lipinski definition) is 0. The Morgan fingerprint density at radius 2 is 2.00 bits per heavy atom. The largest absolute Gasteiger partial charge is 0.466 e. The summed E-state index contributed by atoms with van der Waals surface area (Å²) in [4.78, 5) is 36.7. The topological polar surface area (TPSA) is 123 Å². The van der Waals surface area contributed by atoms with E-state index in [1.54, 1.807) is 19.9 Å². The monoisotopic (exact) mass is 385 g/mol. The Morgan fingerprint density at radius 3 is 2.54 bits per heavy atom.